The van der Waals surface area contributed by atoms with Gasteiger partial charge in [-0.25, -0.2) is 0 Å². The fourth-order valence-corrected chi connectivity index (χ4v) is 9.70. The van der Waals surface area contributed by atoms with E-state index in [4.69, 9.17) is 0 Å². The van der Waals surface area contributed by atoms with Crippen molar-refractivity contribution in [2.45, 2.75) is 0 Å². The summed E-state index contributed by atoms with van der Waals surface area (Å²) in [6.07, 6.45) is 0. The molecule has 326 valence electrons. The summed E-state index contributed by atoms with van der Waals surface area (Å²) < 4.78 is 0. The summed E-state index contributed by atoms with van der Waals surface area (Å²) in [5.41, 5.74) is 14.4. The summed E-state index contributed by atoms with van der Waals surface area (Å²) in [4.78, 5) is 7.07. The van der Waals surface area contributed by atoms with Crippen LogP contribution in [0.5, 0.6) is 0 Å². The van der Waals surface area contributed by atoms with Crippen molar-refractivity contribution in [3.8, 4) is 22.3 Å². The average molecular weight is 882 g/mol. The Labute approximate surface area is 403 Å². The maximum Gasteiger partial charge on any atom is 0.0473 e. The second kappa shape index (κ2) is 18.2. The molecule has 0 aliphatic rings. The lowest BCUT2D eigenvalue weighted by molar-refractivity contribution is 1.28. The lowest BCUT2D eigenvalue weighted by atomic mass is 9.96. The van der Waals surface area contributed by atoms with E-state index in [-0.39, 0.29) is 0 Å². The quantitative estimate of drug-likeness (QED) is 0.128. The maximum atomic E-state index is 2.38. The molecule has 12 rings (SSSR count). The molecule has 0 unspecified atom stereocenters. The highest BCUT2D eigenvalue weighted by molar-refractivity contribution is 5.94. The highest BCUT2D eigenvalue weighted by Gasteiger charge is 2.19. The average Bonchev–Trinajstić information content (AvgIpc) is 3.42. The summed E-state index contributed by atoms with van der Waals surface area (Å²) in [5, 5.41) is 7.28. The zero-order valence-electron chi connectivity index (χ0n) is 38.0. The molecular formula is C66H47N3. The molecule has 0 N–H and O–H groups in total. The second-order valence-corrected chi connectivity index (χ2v) is 17.5. The lowest BCUT2D eigenvalue weighted by Crippen LogP contribution is -2.10. The van der Waals surface area contributed by atoms with Crippen LogP contribution < -0.4 is 14.7 Å². The van der Waals surface area contributed by atoms with Gasteiger partial charge >= 0.3 is 0 Å². The number of hydrogen-bond acceptors (Lipinski definition) is 3. The van der Waals surface area contributed by atoms with Gasteiger partial charge in [-0.15, -0.1) is 0 Å². The van der Waals surface area contributed by atoms with Crippen molar-refractivity contribution in [2.75, 3.05) is 14.7 Å². The molecule has 0 spiro atoms. The summed E-state index contributed by atoms with van der Waals surface area (Å²) >= 11 is 0. The molecule has 0 aliphatic heterocycles. The van der Waals surface area contributed by atoms with E-state index in [2.05, 4.69) is 300 Å². The van der Waals surface area contributed by atoms with Crippen molar-refractivity contribution < 1.29 is 0 Å². The zero-order chi connectivity index (χ0) is 45.9. The van der Waals surface area contributed by atoms with Crippen LogP contribution in [0.4, 0.5) is 51.2 Å². The van der Waals surface area contributed by atoms with E-state index >= 15 is 0 Å². The smallest absolute Gasteiger partial charge is 0.0473 e. The van der Waals surface area contributed by atoms with E-state index in [0.717, 1.165) is 73.4 Å². The normalized spacial score (nSPS) is 11.2. The molecular weight excluding hydrogens is 835 g/mol. The molecule has 0 radical (unpaired) electrons. The van der Waals surface area contributed by atoms with Crippen LogP contribution >= 0.6 is 0 Å². The first kappa shape index (κ1) is 41.3. The van der Waals surface area contributed by atoms with Gasteiger partial charge in [0.15, 0.2) is 0 Å². The van der Waals surface area contributed by atoms with Crippen molar-refractivity contribution in [1.82, 2.24) is 0 Å². The minimum Gasteiger partial charge on any atom is -0.310 e. The fourth-order valence-electron chi connectivity index (χ4n) is 9.70. The summed E-state index contributed by atoms with van der Waals surface area (Å²) in [6.45, 7) is 0. The number of para-hydroxylation sites is 3. The molecule has 0 saturated heterocycles. The van der Waals surface area contributed by atoms with E-state index in [1.54, 1.807) is 0 Å². The monoisotopic (exact) mass is 881 g/mol. The van der Waals surface area contributed by atoms with Crippen LogP contribution in [0.15, 0.2) is 285 Å². The molecule has 0 amide bonds. The lowest BCUT2D eigenvalue weighted by Gasteiger charge is -2.28. The van der Waals surface area contributed by atoms with Crippen molar-refractivity contribution in [3.05, 3.63) is 285 Å². The first-order chi connectivity index (χ1) is 34.2. The Hall–Kier alpha value is -9.18. The Morgan fingerprint density at radius 3 is 0.739 bits per heavy atom. The third-order valence-electron chi connectivity index (χ3n) is 13.1. The number of rotatable bonds is 11. The standard InChI is InChI=1S/C66H47N3/c1-4-22-58(23-5-1)67(63-39-32-48-16-10-13-19-53(48)43-63)61-35-28-51(29-36-61)56-42-57(47-66(46-56)69(60-26-8-3-9-27-60)65-41-34-50-18-12-15-21-55(50)45-65)52-30-37-62(38-31-52)68(59-24-6-2-7-25-59)64-40-33-49-17-11-14-20-54(49)44-64/h1-47H. The van der Waals surface area contributed by atoms with Gasteiger partial charge < -0.3 is 14.7 Å². The van der Waals surface area contributed by atoms with Crippen LogP contribution in [0.25, 0.3) is 54.6 Å². The topological polar surface area (TPSA) is 9.72 Å². The molecule has 3 nitrogen and oxygen atoms in total. The van der Waals surface area contributed by atoms with Crippen LogP contribution in [0.3, 0.4) is 0 Å². The third kappa shape index (κ3) is 8.35. The van der Waals surface area contributed by atoms with Gasteiger partial charge in [0.1, 0.15) is 0 Å². The first-order valence-electron chi connectivity index (χ1n) is 23.6. The third-order valence-corrected chi connectivity index (χ3v) is 13.1. The molecule has 0 aliphatic carbocycles. The molecule has 0 atom stereocenters. The molecule has 0 fully saturated rings. The molecule has 69 heavy (non-hydrogen) atoms. The van der Waals surface area contributed by atoms with Crippen LogP contribution in [-0.2, 0) is 0 Å². The highest BCUT2D eigenvalue weighted by Crippen LogP contribution is 2.43. The van der Waals surface area contributed by atoms with Gasteiger partial charge in [0.2, 0.25) is 0 Å². The van der Waals surface area contributed by atoms with Crippen molar-refractivity contribution in [3.63, 3.8) is 0 Å². The minimum atomic E-state index is 1.07. The van der Waals surface area contributed by atoms with Gasteiger partial charge in [-0.3, -0.25) is 0 Å². The van der Waals surface area contributed by atoms with E-state index < -0.39 is 0 Å². The van der Waals surface area contributed by atoms with E-state index in [9.17, 15) is 0 Å². The second-order valence-electron chi connectivity index (χ2n) is 17.5. The van der Waals surface area contributed by atoms with E-state index in [1.807, 2.05) is 0 Å². The number of hydrogen-bond donors (Lipinski definition) is 0. The van der Waals surface area contributed by atoms with E-state index in [0.29, 0.717) is 0 Å². The molecule has 0 aromatic heterocycles. The molecule has 12 aromatic rings. The Balaban J connectivity index is 0.989. The van der Waals surface area contributed by atoms with Gasteiger partial charge in [0.05, 0.1) is 0 Å². The highest BCUT2D eigenvalue weighted by atomic mass is 15.2. The van der Waals surface area contributed by atoms with Crippen LogP contribution in [0, 0.1) is 0 Å². The predicted molar refractivity (Wildman–Crippen MR) is 294 cm³/mol. The molecule has 3 heteroatoms. The number of nitrogens with zero attached hydrogens (tertiary/aromatic N) is 3. The minimum absolute atomic E-state index is 1.07. The van der Waals surface area contributed by atoms with Gasteiger partial charge in [0.25, 0.3) is 0 Å². The summed E-state index contributed by atoms with van der Waals surface area (Å²) in [7, 11) is 0. The summed E-state index contributed by atoms with van der Waals surface area (Å²) in [5.74, 6) is 0. The van der Waals surface area contributed by atoms with Crippen molar-refractivity contribution >= 4 is 83.5 Å². The Bertz CT molecular complexity index is 3540. The zero-order valence-corrected chi connectivity index (χ0v) is 38.0. The maximum absolute atomic E-state index is 2.38. The van der Waals surface area contributed by atoms with Gasteiger partial charge in [-0.2, -0.15) is 0 Å². The molecule has 12 aromatic carbocycles. The van der Waals surface area contributed by atoms with Gasteiger partial charge in [0, 0.05) is 51.2 Å². The number of anilines is 9. The Morgan fingerprint density at radius 2 is 0.406 bits per heavy atom. The predicted octanol–water partition coefficient (Wildman–Crippen LogP) is 18.9. The largest absolute Gasteiger partial charge is 0.310 e. The summed E-state index contributed by atoms with van der Waals surface area (Å²) in [6, 6.07) is 103. The first-order valence-corrected chi connectivity index (χ1v) is 23.6. The Kier molecular flexibility index (Phi) is 10.9. The Morgan fingerprint density at radius 1 is 0.145 bits per heavy atom. The van der Waals surface area contributed by atoms with Gasteiger partial charge in [-0.05, 0) is 170 Å². The van der Waals surface area contributed by atoms with Crippen LogP contribution in [0.1, 0.15) is 0 Å². The molecule has 0 saturated carbocycles. The fraction of sp³-hybridized carbons (Fsp3) is 0. The van der Waals surface area contributed by atoms with Crippen molar-refractivity contribution in [2.24, 2.45) is 0 Å². The molecule has 0 bridgehead atoms. The van der Waals surface area contributed by atoms with E-state index in [1.165, 1.54) is 32.3 Å². The SMILES string of the molecule is c1ccc(N(c2ccc(-c3cc(-c4ccc(N(c5ccccc5)c5ccc6ccccc6c5)cc4)cc(N(c4ccccc4)c4ccc5ccccc5c4)c3)cc2)c2ccc3ccccc3c2)cc1. The van der Waals surface area contributed by atoms with Crippen molar-refractivity contribution in [1.29, 1.82) is 0 Å². The molecule has 0 heterocycles. The number of fused-ring (bicyclic) bond motifs is 3. The van der Waals surface area contributed by atoms with Crippen LogP contribution in [0.2, 0.25) is 0 Å². The number of benzene rings is 12. The van der Waals surface area contributed by atoms with Gasteiger partial charge in [-0.1, -0.05) is 170 Å². The van der Waals surface area contributed by atoms with Crippen LogP contribution in [-0.4, -0.2) is 0 Å².